The summed E-state index contributed by atoms with van der Waals surface area (Å²) in [5, 5.41) is 11.2. The second kappa shape index (κ2) is 6.69. The lowest BCUT2D eigenvalue weighted by Crippen LogP contribution is -2.26. The number of nitrogens with zero attached hydrogens (tertiary/aromatic N) is 5. The predicted octanol–water partition coefficient (Wildman–Crippen LogP) is 2.11. The summed E-state index contributed by atoms with van der Waals surface area (Å²) in [6.45, 7) is 1.22. The summed E-state index contributed by atoms with van der Waals surface area (Å²) in [5.74, 6) is 1.87. The molecule has 1 saturated heterocycles. The Morgan fingerprint density at radius 1 is 1.29 bits per heavy atom. The van der Waals surface area contributed by atoms with Crippen LogP contribution >= 0.6 is 0 Å². The molecule has 1 aliphatic rings. The van der Waals surface area contributed by atoms with Crippen LogP contribution in [-0.4, -0.2) is 48.2 Å². The minimum absolute atomic E-state index is 0.0218. The summed E-state index contributed by atoms with van der Waals surface area (Å²) < 4.78 is 6.08. The lowest BCUT2D eigenvalue weighted by Gasteiger charge is -2.20. The van der Waals surface area contributed by atoms with Gasteiger partial charge in [0, 0.05) is 45.5 Å². The first kappa shape index (κ1) is 16.0. The van der Waals surface area contributed by atoms with E-state index in [4.69, 9.17) is 4.74 Å². The van der Waals surface area contributed by atoms with Crippen molar-refractivity contribution >= 4 is 17.3 Å². The van der Waals surface area contributed by atoms with Gasteiger partial charge in [0.2, 0.25) is 5.82 Å². The van der Waals surface area contributed by atoms with Gasteiger partial charge in [-0.15, -0.1) is 0 Å². The molecule has 126 valence electrons. The molecule has 0 saturated carbocycles. The average Bonchev–Trinajstić information content (AvgIpc) is 3.03. The van der Waals surface area contributed by atoms with Gasteiger partial charge in [0.1, 0.15) is 6.10 Å². The molecule has 2 aromatic rings. The first-order valence-corrected chi connectivity index (χ1v) is 7.69. The molecule has 3 heterocycles. The van der Waals surface area contributed by atoms with Crippen molar-refractivity contribution in [2.24, 2.45) is 0 Å². The van der Waals surface area contributed by atoms with E-state index in [1.54, 1.807) is 18.5 Å². The Bertz CT molecular complexity index is 737. The molecule has 8 nitrogen and oxygen atoms in total. The largest absolute Gasteiger partial charge is 0.485 e. The summed E-state index contributed by atoms with van der Waals surface area (Å²) in [4.78, 5) is 23.1. The van der Waals surface area contributed by atoms with Gasteiger partial charge in [-0.1, -0.05) is 0 Å². The topological polar surface area (TPSA) is 84.6 Å². The smallest absolute Gasteiger partial charge is 0.311 e. The molecule has 0 unspecified atom stereocenters. The summed E-state index contributed by atoms with van der Waals surface area (Å²) in [5.41, 5.74) is 0.0218. The van der Waals surface area contributed by atoms with Crippen molar-refractivity contribution in [3.63, 3.8) is 0 Å². The Balaban J connectivity index is 1.74. The number of pyridine rings is 2. The van der Waals surface area contributed by atoms with E-state index in [2.05, 4.69) is 9.97 Å². The number of hydrogen-bond acceptors (Lipinski definition) is 7. The fourth-order valence-corrected chi connectivity index (χ4v) is 2.78. The third-order valence-electron chi connectivity index (χ3n) is 3.88. The Morgan fingerprint density at radius 3 is 2.79 bits per heavy atom. The molecule has 0 aliphatic carbocycles. The minimum Gasteiger partial charge on any atom is -0.485 e. The highest BCUT2D eigenvalue weighted by molar-refractivity contribution is 5.58. The molecule has 1 fully saturated rings. The summed E-state index contributed by atoms with van der Waals surface area (Å²) in [6.07, 6.45) is 4.01. The molecule has 0 spiro atoms. The molecule has 0 bridgehead atoms. The molecular formula is C16H19N5O3. The molecule has 24 heavy (non-hydrogen) atoms. The third-order valence-corrected chi connectivity index (χ3v) is 3.88. The van der Waals surface area contributed by atoms with Crippen LogP contribution in [0.5, 0.6) is 5.75 Å². The minimum atomic E-state index is -0.401. The van der Waals surface area contributed by atoms with Crippen LogP contribution in [0.25, 0.3) is 0 Å². The van der Waals surface area contributed by atoms with Crippen LogP contribution < -0.4 is 14.5 Å². The summed E-state index contributed by atoms with van der Waals surface area (Å²) in [6, 6.07) is 6.76. The van der Waals surface area contributed by atoms with Crippen LogP contribution in [0.15, 0.2) is 36.7 Å². The maximum atomic E-state index is 11.2. The Labute approximate surface area is 139 Å². The first-order chi connectivity index (χ1) is 11.6. The van der Waals surface area contributed by atoms with Gasteiger partial charge in [-0.2, -0.15) is 0 Å². The molecule has 1 aliphatic heterocycles. The van der Waals surface area contributed by atoms with Gasteiger partial charge in [-0.3, -0.25) is 10.1 Å². The van der Waals surface area contributed by atoms with Crippen molar-refractivity contribution in [3.8, 4) is 5.75 Å². The molecule has 3 rings (SSSR count). The Morgan fingerprint density at radius 2 is 2.04 bits per heavy atom. The van der Waals surface area contributed by atoms with E-state index in [0.717, 1.165) is 12.2 Å². The van der Waals surface area contributed by atoms with Crippen molar-refractivity contribution in [2.75, 3.05) is 37.0 Å². The van der Waals surface area contributed by atoms with Crippen molar-refractivity contribution in [1.29, 1.82) is 0 Å². The van der Waals surface area contributed by atoms with Gasteiger partial charge in [0.15, 0.2) is 11.6 Å². The second-order valence-corrected chi connectivity index (χ2v) is 5.80. The molecule has 0 aromatic carbocycles. The molecule has 0 amide bonds. The Hall–Kier alpha value is -2.90. The number of rotatable bonds is 5. The van der Waals surface area contributed by atoms with E-state index in [9.17, 15) is 10.1 Å². The molecule has 2 aromatic heterocycles. The predicted molar refractivity (Wildman–Crippen MR) is 90.7 cm³/mol. The molecule has 0 N–H and O–H groups in total. The van der Waals surface area contributed by atoms with E-state index >= 15 is 0 Å². The third kappa shape index (κ3) is 3.22. The van der Waals surface area contributed by atoms with Crippen molar-refractivity contribution in [3.05, 3.63) is 46.8 Å². The standard InChI is InChI=1S/C16H19N5O3/c1-19(2)16-14(6-4-9-18-16)24-12-7-10-20(11-12)15-13(21(22)23)5-3-8-17-15/h3-6,8-9,12H,7,10-11H2,1-2H3/t12-/m1/s1. The second-order valence-electron chi connectivity index (χ2n) is 5.80. The number of hydrogen-bond donors (Lipinski definition) is 0. The first-order valence-electron chi connectivity index (χ1n) is 7.69. The number of ether oxygens (including phenoxy) is 1. The van der Waals surface area contributed by atoms with Gasteiger partial charge in [0.05, 0.1) is 11.5 Å². The zero-order valence-corrected chi connectivity index (χ0v) is 13.6. The normalized spacial score (nSPS) is 16.9. The van der Waals surface area contributed by atoms with Gasteiger partial charge in [-0.05, 0) is 18.2 Å². The highest BCUT2D eigenvalue weighted by atomic mass is 16.6. The maximum absolute atomic E-state index is 11.2. The molecule has 0 radical (unpaired) electrons. The van der Waals surface area contributed by atoms with E-state index < -0.39 is 4.92 Å². The fraction of sp³-hybridized carbons (Fsp3) is 0.375. The fourth-order valence-electron chi connectivity index (χ4n) is 2.78. The average molecular weight is 329 g/mol. The zero-order chi connectivity index (χ0) is 17.1. The van der Waals surface area contributed by atoms with Crippen LogP contribution in [0.4, 0.5) is 17.3 Å². The van der Waals surface area contributed by atoms with E-state index in [1.807, 2.05) is 36.0 Å². The number of anilines is 2. The monoisotopic (exact) mass is 329 g/mol. The maximum Gasteiger partial charge on any atom is 0.311 e. The molecule has 8 heteroatoms. The van der Waals surface area contributed by atoms with Crippen molar-refractivity contribution in [2.45, 2.75) is 12.5 Å². The van der Waals surface area contributed by atoms with Crippen molar-refractivity contribution in [1.82, 2.24) is 9.97 Å². The highest BCUT2D eigenvalue weighted by Crippen LogP contribution is 2.31. The lowest BCUT2D eigenvalue weighted by molar-refractivity contribution is -0.384. The van der Waals surface area contributed by atoms with E-state index in [0.29, 0.717) is 24.7 Å². The molecule has 1 atom stereocenters. The van der Waals surface area contributed by atoms with Crippen molar-refractivity contribution < 1.29 is 9.66 Å². The summed E-state index contributed by atoms with van der Waals surface area (Å²) >= 11 is 0. The van der Waals surface area contributed by atoms with Gasteiger partial charge in [-0.25, -0.2) is 9.97 Å². The van der Waals surface area contributed by atoms with Crippen LogP contribution in [0.3, 0.4) is 0 Å². The van der Waals surface area contributed by atoms with Crippen LogP contribution in [0.1, 0.15) is 6.42 Å². The van der Waals surface area contributed by atoms with Gasteiger partial charge >= 0.3 is 5.69 Å². The SMILES string of the molecule is CN(C)c1ncccc1O[C@@H]1CCN(c2ncccc2[N+](=O)[O-])C1. The van der Waals surface area contributed by atoms with Crippen LogP contribution in [-0.2, 0) is 0 Å². The lowest BCUT2D eigenvalue weighted by atomic mass is 10.3. The number of nitro groups is 1. The van der Waals surface area contributed by atoms with Gasteiger partial charge < -0.3 is 14.5 Å². The zero-order valence-electron chi connectivity index (χ0n) is 13.6. The molecular weight excluding hydrogens is 310 g/mol. The van der Waals surface area contributed by atoms with E-state index in [-0.39, 0.29) is 11.8 Å². The Kier molecular flexibility index (Phi) is 4.45. The van der Waals surface area contributed by atoms with E-state index in [1.165, 1.54) is 6.07 Å². The highest BCUT2D eigenvalue weighted by Gasteiger charge is 2.30. The quantitative estimate of drug-likeness (QED) is 0.613. The van der Waals surface area contributed by atoms with Crippen LogP contribution in [0.2, 0.25) is 0 Å². The van der Waals surface area contributed by atoms with Gasteiger partial charge in [0.25, 0.3) is 0 Å². The number of aromatic nitrogens is 2. The van der Waals surface area contributed by atoms with Crippen LogP contribution in [0, 0.1) is 10.1 Å². The summed E-state index contributed by atoms with van der Waals surface area (Å²) in [7, 11) is 3.82.